The van der Waals surface area contributed by atoms with E-state index in [1.165, 1.54) is 25.1 Å². The summed E-state index contributed by atoms with van der Waals surface area (Å²) >= 11 is 0. The molecule has 4 heterocycles. The van der Waals surface area contributed by atoms with Crippen molar-refractivity contribution in [2.45, 2.75) is 38.5 Å². The lowest BCUT2D eigenvalue weighted by Crippen LogP contribution is -2.34. The third-order valence-electron chi connectivity index (χ3n) is 6.29. The van der Waals surface area contributed by atoms with E-state index < -0.39 is 5.91 Å². The van der Waals surface area contributed by atoms with Crippen LogP contribution in [0.2, 0.25) is 0 Å². The topological polar surface area (TPSA) is 119 Å². The van der Waals surface area contributed by atoms with Crippen molar-refractivity contribution in [2.75, 3.05) is 46.6 Å². The minimum absolute atomic E-state index is 0.0182. The number of aromatic hydroxyl groups is 1. The number of anilines is 5. The van der Waals surface area contributed by atoms with Crippen molar-refractivity contribution in [3.8, 4) is 5.75 Å². The van der Waals surface area contributed by atoms with Crippen molar-refractivity contribution < 1.29 is 9.90 Å². The zero-order chi connectivity index (χ0) is 24.0. The first-order chi connectivity index (χ1) is 17.2. The Balaban J connectivity index is 1.32. The molecule has 0 unspecified atom stereocenters. The predicted octanol–water partition coefficient (Wildman–Crippen LogP) is 3.95. The summed E-state index contributed by atoms with van der Waals surface area (Å²) in [4.78, 5) is 35.1. The van der Waals surface area contributed by atoms with Crippen LogP contribution in [0.4, 0.5) is 29.2 Å². The van der Waals surface area contributed by atoms with Gasteiger partial charge in [0.15, 0.2) is 5.69 Å². The maximum Gasteiger partial charge on any atom is 0.278 e. The van der Waals surface area contributed by atoms with Gasteiger partial charge in [0, 0.05) is 43.8 Å². The molecule has 5 rings (SSSR count). The Bertz CT molecular complexity index is 1120. The number of rotatable bonds is 6. The summed E-state index contributed by atoms with van der Waals surface area (Å²) in [5.74, 6) is 1.32. The van der Waals surface area contributed by atoms with Crippen molar-refractivity contribution in [1.82, 2.24) is 19.9 Å². The summed E-state index contributed by atoms with van der Waals surface area (Å²) in [6, 6.07) is 10.2. The van der Waals surface area contributed by atoms with Crippen LogP contribution in [0.25, 0.3) is 0 Å². The van der Waals surface area contributed by atoms with Crippen LogP contribution >= 0.6 is 0 Å². The summed E-state index contributed by atoms with van der Waals surface area (Å²) in [6.45, 7) is 3.85. The van der Waals surface area contributed by atoms with E-state index in [0.717, 1.165) is 69.4 Å². The zero-order valence-corrected chi connectivity index (χ0v) is 19.7. The van der Waals surface area contributed by atoms with E-state index in [2.05, 4.69) is 25.4 Å². The second-order valence-corrected chi connectivity index (χ2v) is 8.88. The van der Waals surface area contributed by atoms with Gasteiger partial charge < -0.3 is 25.5 Å². The first-order valence-corrected chi connectivity index (χ1v) is 12.2. The second-order valence-electron chi connectivity index (χ2n) is 8.88. The smallest absolute Gasteiger partial charge is 0.278 e. The molecule has 2 saturated heterocycles. The fraction of sp³-hybridized carbons (Fsp3) is 0.400. The number of aromatic nitrogens is 4. The lowest BCUT2D eigenvalue weighted by molar-refractivity contribution is 0.101. The normalized spacial score (nSPS) is 16.1. The molecule has 1 aromatic carbocycles. The van der Waals surface area contributed by atoms with Gasteiger partial charge in [0.2, 0.25) is 17.8 Å². The molecule has 3 aromatic rings. The molecule has 35 heavy (non-hydrogen) atoms. The Morgan fingerprint density at radius 2 is 1.34 bits per heavy atom. The van der Waals surface area contributed by atoms with Gasteiger partial charge in [0.05, 0.1) is 0 Å². The molecule has 0 spiro atoms. The van der Waals surface area contributed by atoms with Crippen molar-refractivity contribution in [3.05, 3.63) is 48.3 Å². The molecule has 0 aliphatic carbocycles. The SMILES string of the molecule is O=C(Nc1ccc(Nc2nc(N3CCCCC3)nc(N3CCCCC3)n2)cc1)c1ncccc1O. The van der Waals surface area contributed by atoms with Gasteiger partial charge in [-0.1, -0.05) is 0 Å². The fourth-order valence-corrected chi connectivity index (χ4v) is 4.41. The van der Waals surface area contributed by atoms with Crippen LogP contribution in [0.15, 0.2) is 42.6 Å². The molecule has 2 fully saturated rings. The molecular formula is C25H30N8O2. The standard InChI is InChI=1S/C25H30N8O2/c34-20-8-7-13-26-21(20)22(35)27-18-9-11-19(12-10-18)28-23-29-24(32-14-3-1-4-15-32)31-25(30-23)33-16-5-2-6-17-33/h7-13,34H,1-6,14-17H2,(H,27,35)(H,28,29,30,31). The van der Waals surface area contributed by atoms with E-state index in [1.54, 1.807) is 18.2 Å². The summed E-state index contributed by atoms with van der Waals surface area (Å²) < 4.78 is 0. The van der Waals surface area contributed by atoms with E-state index in [4.69, 9.17) is 15.0 Å². The van der Waals surface area contributed by atoms with Gasteiger partial charge in [-0.2, -0.15) is 15.0 Å². The molecular weight excluding hydrogens is 444 g/mol. The van der Waals surface area contributed by atoms with Crippen molar-refractivity contribution >= 4 is 35.1 Å². The van der Waals surface area contributed by atoms with E-state index in [-0.39, 0.29) is 11.4 Å². The Labute approximate surface area is 204 Å². The molecule has 10 heteroatoms. The molecule has 10 nitrogen and oxygen atoms in total. The fourth-order valence-electron chi connectivity index (χ4n) is 4.41. The van der Waals surface area contributed by atoms with E-state index in [0.29, 0.717) is 11.6 Å². The number of nitrogens with one attached hydrogen (secondary N) is 2. The van der Waals surface area contributed by atoms with Gasteiger partial charge in [-0.3, -0.25) is 4.79 Å². The Morgan fingerprint density at radius 1 is 0.771 bits per heavy atom. The third kappa shape index (κ3) is 5.59. The van der Waals surface area contributed by atoms with Crippen molar-refractivity contribution in [1.29, 1.82) is 0 Å². The molecule has 182 valence electrons. The predicted molar refractivity (Wildman–Crippen MR) is 136 cm³/mol. The van der Waals surface area contributed by atoms with Crippen LogP contribution in [0.3, 0.4) is 0 Å². The number of pyridine rings is 1. The highest BCUT2D eigenvalue weighted by Gasteiger charge is 2.20. The summed E-state index contributed by atoms with van der Waals surface area (Å²) in [7, 11) is 0. The average Bonchev–Trinajstić information content (AvgIpc) is 2.91. The molecule has 2 aliphatic heterocycles. The Kier molecular flexibility index (Phi) is 6.87. The van der Waals surface area contributed by atoms with E-state index in [9.17, 15) is 9.90 Å². The van der Waals surface area contributed by atoms with Crippen molar-refractivity contribution in [2.24, 2.45) is 0 Å². The molecule has 2 aromatic heterocycles. The number of hydrogen-bond acceptors (Lipinski definition) is 9. The molecule has 0 bridgehead atoms. The minimum atomic E-state index is -0.473. The number of hydrogen-bond donors (Lipinski definition) is 3. The first-order valence-electron chi connectivity index (χ1n) is 12.2. The van der Waals surface area contributed by atoms with Gasteiger partial charge in [0.1, 0.15) is 5.75 Å². The number of carbonyl (C=O) groups excluding carboxylic acids is 1. The molecule has 0 saturated carbocycles. The number of amides is 1. The molecule has 0 atom stereocenters. The highest BCUT2D eigenvalue weighted by atomic mass is 16.3. The molecule has 2 aliphatic rings. The van der Waals surface area contributed by atoms with Gasteiger partial charge >= 0.3 is 0 Å². The largest absolute Gasteiger partial charge is 0.505 e. The van der Waals surface area contributed by atoms with Crippen LogP contribution in [0.1, 0.15) is 49.0 Å². The Morgan fingerprint density at radius 3 is 1.91 bits per heavy atom. The number of carbonyl (C=O) groups is 1. The van der Waals surface area contributed by atoms with Gasteiger partial charge in [0.25, 0.3) is 5.91 Å². The van der Waals surface area contributed by atoms with Crippen LogP contribution in [0.5, 0.6) is 5.75 Å². The summed E-state index contributed by atoms with van der Waals surface area (Å²) in [5, 5.41) is 15.9. The van der Waals surface area contributed by atoms with Crippen LogP contribution in [-0.2, 0) is 0 Å². The lowest BCUT2D eigenvalue weighted by Gasteiger charge is -2.30. The van der Waals surface area contributed by atoms with Gasteiger partial charge in [-0.25, -0.2) is 4.98 Å². The summed E-state index contributed by atoms with van der Waals surface area (Å²) in [6.07, 6.45) is 8.55. The monoisotopic (exact) mass is 474 g/mol. The lowest BCUT2D eigenvalue weighted by atomic mass is 10.1. The third-order valence-corrected chi connectivity index (χ3v) is 6.29. The quantitative estimate of drug-likeness (QED) is 0.488. The maximum absolute atomic E-state index is 12.4. The average molecular weight is 475 g/mol. The summed E-state index contributed by atoms with van der Waals surface area (Å²) in [5.41, 5.74) is 1.36. The number of nitrogens with zero attached hydrogens (tertiary/aromatic N) is 6. The zero-order valence-electron chi connectivity index (χ0n) is 19.7. The Hall–Kier alpha value is -3.95. The molecule has 1 amide bonds. The van der Waals surface area contributed by atoms with Gasteiger partial charge in [-0.05, 0) is 74.9 Å². The highest BCUT2D eigenvalue weighted by Crippen LogP contribution is 2.25. The van der Waals surface area contributed by atoms with Crippen molar-refractivity contribution in [3.63, 3.8) is 0 Å². The maximum atomic E-state index is 12.4. The first kappa shape index (κ1) is 22.8. The highest BCUT2D eigenvalue weighted by molar-refractivity contribution is 6.04. The van der Waals surface area contributed by atoms with E-state index >= 15 is 0 Å². The van der Waals surface area contributed by atoms with E-state index in [1.807, 2.05) is 12.1 Å². The second kappa shape index (κ2) is 10.5. The van der Waals surface area contributed by atoms with Crippen LogP contribution in [0, 0.1) is 0 Å². The van der Waals surface area contributed by atoms with Crippen LogP contribution < -0.4 is 20.4 Å². The number of benzene rings is 1. The minimum Gasteiger partial charge on any atom is -0.505 e. The van der Waals surface area contributed by atoms with Gasteiger partial charge in [-0.15, -0.1) is 0 Å². The van der Waals surface area contributed by atoms with Crippen LogP contribution in [-0.4, -0.2) is 57.1 Å². The molecule has 3 N–H and O–H groups in total. The number of piperidine rings is 2. The molecule has 0 radical (unpaired) electrons.